The average molecular weight is 729 g/mol. The molecule has 2 fully saturated rings. The highest BCUT2D eigenvalue weighted by Gasteiger charge is 2.28. The van der Waals surface area contributed by atoms with Gasteiger partial charge in [-0.3, -0.25) is 28.7 Å². The zero-order chi connectivity index (χ0) is 35.6. The molecule has 0 saturated carbocycles. The Morgan fingerprint density at radius 1 is 1.02 bits per heavy atom. The van der Waals surface area contributed by atoms with Crippen LogP contribution in [0.15, 0.2) is 71.9 Å². The molecule has 12 nitrogen and oxygen atoms in total. The fourth-order valence-electron chi connectivity index (χ4n) is 6.72. The van der Waals surface area contributed by atoms with Crippen molar-refractivity contribution in [3.8, 4) is 39.4 Å². The van der Waals surface area contributed by atoms with E-state index in [1.807, 2.05) is 53.4 Å². The summed E-state index contributed by atoms with van der Waals surface area (Å²) in [4.78, 5) is 52.1. The fourth-order valence-corrected chi connectivity index (χ4v) is 7.38. The van der Waals surface area contributed by atoms with Gasteiger partial charge in [0, 0.05) is 73.3 Å². The molecule has 5 heterocycles. The quantitative estimate of drug-likeness (QED) is 0.168. The van der Waals surface area contributed by atoms with E-state index < -0.39 is 11.9 Å². The third kappa shape index (κ3) is 7.18. The maximum absolute atomic E-state index is 13.3. The van der Waals surface area contributed by atoms with Gasteiger partial charge in [0.25, 0.3) is 5.56 Å². The number of methoxy groups -OCH3 is 1. The lowest BCUT2D eigenvalue weighted by Crippen LogP contribution is -2.35. The second-order valence-corrected chi connectivity index (χ2v) is 13.5. The number of carboxylic acid groups (broad SMARTS) is 1. The lowest BCUT2D eigenvalue weighted by atomic mass is 9.97. The molecule has 0 bridgehead atoms. The van der Waals surface area contributed by atoms with Gasteiger partial charge >= 0.3 is 5.97 Å². The van der Waals surface area contributed by atoms with Crippen LogP contribution < -0.4 is 20.9 Å². The summed E-state index contributed by atoms with van der Waals surface area (Å²) in [5, 5.41) is 16.5. The third-order valence-electron chi connectivity index (χ3n) is 9.44. The number of rotatable bonds is 11. The SMILES string of the molecule is COc1nc(-c2cccc(-c3cccc(-c4ccn5c(=O)c(CN6CC[C@H](C(=O)O)C6)cnc5c4)c3Cl)c2Cl)cnc1CNC[C@H]1CCC(=O)N1. The number of carbonyl (C=O) groups is 2. The number of carbonyl (C=O) groups excluding carboxylic acids is 1. The first kappa shape index (κ1) is 34.6. The largest absolute Gasteiger partial charge is 0.481 e. The number of pyridine rings is 1. The van der Waals surface area contributed by atoms with Crippen LogP contribution >= 0.6 is 23.2 Å². The van der Waals surface area contributed by atoms with E-state index in [1.165, 1.54) is 4.40 Å². The number of aromatic nitrogens is 4. The number of benzene rings is 2. The Balaban J connectivity index is 1.12. The molecule has 262 valence electrons. The second-order valence-electron chi connectivity index (χ2n) is 12.8. The molecule has 2 saturated heterocycles. The number of likely N-dealkylation sites (tertiary alicyclic amines) is 1. The summed E-state index contributed by atoms with van der Waals surface area (Å²) in [5.74, 6) is -0.785. The molecule has 5 aromatic rings. The first-order valence-corrected chi connectivity index (χ1v) is 17.4. The Morgan fingerprint density at radius 2 is 1.76 bits per heavy atom. The number of fused-ring (bicyclic) bond motifs is 1. The zero-order valence-electron chi connectivity index (χ0n) is 27.7. The molecule has 0 aliphatic carbocycles. The molecule has 0 radical (unpaired) electrons. The van der Waals surface area contributed by atoms with E-state index in [4.69, 9.17) is 32.9 Å². The summed E-state index contributed by atoms with van der Waals surface area (Å²) < 4.78 is 7.07. The summed E-state index contributed by atoms with van der Waals surface area (Å²) in [6.45, 7) is 2.42. The van der Waals surface area contributed by atoms with Crippen molar-refractivity contribution in [2.75, 3.05) is 26.7 Å². The van der Waals surface area contributed by atoms with Crippen LogP contribution in [0.3, 0.4) is 0 Å². The number of ether oxygens (including phenoxy) is 1. The number of hydrogen-bond acceptors (Lipinski definition) is 9. The number of amides is 1. The topological polar surface area (TPSA) is 151 Å². The predicted octanol–water partition coefficient (Wildman–Crippen LogP) is 5.08. The Kier molecular flexibility index (Phi) is 10.0. The monoisotopic (exact) mass is 727 g/mol. The normalized spacial score (nSPS) is 17.6. The number of nitrogens with zero attached hydrogens (tertiary/aromatic N) is 5. The summed E-state index contributed by atoms with van der Waals surface area (Å²) >= 11 is 14.1. The van der Waals surface area contributed by atoms with Crippen molar-refractivity contribution >= 4 is 40.7 Å². The summed E-state index contributed by atoms with van der Waals surface area (Å²) in [6, 6.07) is 15.1. The maximum atomic E-state index is 13.3. The Morgan fingerprint density at radius 3 is 2.47 bits per heavy atom. The average Bonchev–Trinajstić information content (AvgIpc) is 3.79. The first-order chi connectivity index (χ1) is 24.7. The Labute approximate surface area is 303 Å². The van der Waals surface area contributed by atoms with Gasteiger partial charge in [0.2, 0.25) is 11.8 Å². The molecule has 2 atom stereocenters. The minimum Gasteiger partial charge on any atom is -0.481 e. The van der Waals surface area contributed by atoms with E-state index in [1.54, 1.807) is 25.7 Å². The van der Waals surface area contributed by atoms with Crippen LogP contribution in [-0.4, -0.2) is 74.0 Å². The van der Waals surface area contributed by atoms with Crippen LogP contribution in [0.25, 0.3) is 39.2 Å². The highest BCUT2D eigenvalue weighted by atomic mass is 35.5. The van der Waals surface area contributed by atoms with Crippen LogP contribution in [0.1, 0.15) is 30.5 Å². The van der Waals surface area contributed by atoms with Gasteiger partial charge in [-0.2, -0.15) is 0 Å². The van der Waals surface area contributed by atoms with Gasteiger partial charge < -0.3 is 20.5 Å². The number of hydrogen-bond donors (Lipinski definition) is 3. The molecule has 51 heavy (non-hydrogen) atoms. The van der Waals surface area contributed by atoms with Crippen molar-refractivity contribution in [1.82, 2.24) is 34.9 Å². The lowest BCUT2D eigenvalue weighted by Gasteiger charge is -2.16. The lowest BCUT2D eigenvalue weighted by molar-refractivity contribution is -0.141. The van der Waals surface area contributed by atoms with Gasteiger partial charge in [0.1, 0.15) is 11.3 Å². The fraction of sp³-hybridized carbons (Fsp3) is 0.297. The maximum Gasteiger partial charge on any atom is 0.307 e. The molecule has 3 aromatic heterocycles. The van der Waals surface area contributed by atoms with Crippen LogP contribution in [0.2, 0.25) is 10.0 Å². The summed E-state index contributed by atoms with van der Waals surface area (Å²) in [5.41, 5.74) is 5.53. The minimum atomic E-state index is -0.811. The van der Waals surface area contributed by atoms with Gasteiger partial charge in [-0.25, -0.2) is 9.97 Å². The van der Waals surface area contributed by atoms with E-state index in [2.05, 4.69) is 20.6 Å². The third-order valence-corrected chi connectivity index (χ3v) is 10.3. The Hall–Kier alpha value is -4.88. The number of halogens is 2. The van der Waals surface area contributed by atoms with Crippen molar-refractivity contribution in [3.63, 3.8) is 0 Å². The van der Waals surface area contributed by atoms with Crippen molar-refractivity contribution in [2.24, 2.45) is 5.92 Å². The van der Waals surface area contributed by atoms with Gasteiger partial charge in [0.05, 0.1) is 40.5 Å². The van der Waals surface area contributed by atoms with E-state index in [-0.39, 0.29) is 17.5 Å². The number of nitrogens with one attached hydrogen (secondary N) is 2. The molecule has 0 spiro atoms. The highest BCUT2D eigenvalue weighted by Crippen LogP contribution is 2.42. The predicted molar refractivity (Wildman–Crippen MR) is 194 cm³/mol. The first-order valence-electron chi connectivity index (χ1n) is 16.6. The smallest absolute Gasteiger partial charge is 0.307 e. The van der Waals surface area contributed by atoms with Crippen LogP contribution in [-0.2, 0) is 22.7 Å². The summed E-state index contributed by atoms with van der Waals surface area (Å²) in [6.07, 6.45) is 6.82. The molecule has 14 heteroatoms. The molecule has 0 unspecified atom stereocenters. The van der Waals surface area contributed by atoms with Gasteiger partial charge in [-0.15, -0.1) is 0 Å². The molecular weight excluding hydrogens is 693 g/mol. The minimum absolute atomic E-state index is 0.0724. The van der Waals surface area contributed by atoms with Gasteiger partial charge in [0.15, 0.2) is 0 Å². The molecule has 2 aromatic carbocycles. The molecule has 7 rings (SSSR count). The molecule has 3 N–H and O–H groups in total. The molecule has 1 amide bonds. The molecular formula is C37H35Cl2N7O5. The van der Waals surface area contributed by atoms with E-state index in [9.17, 15) is 19.5 Å². The van der Waals surface area contributed by atoms with Crippen LogP contribution in [0.5, 0.6) is 5.88 Å². The van der Waals surface area contributed by atoms with E-state index in [0.29, 0.717) is 101 Å². The van der Waals surface area contributed by atoms with E-state index >= 15 is 0 Å². The van der Waals surface area contributed by atoms with Gasteiger partial charge in [-0.1, -0.05) is 59.6 Å². The van der Waals surface area contributed by atoms with Crippen molar-refractivity contribution < 1.29 is 19.4 Å². The summed E-state index contributed by atoms with van der Waals surface area (Å²) in [7, 11) is 1.54. The highest BCUT2D eigenvalue weighted by molar-refractivity contribution is 6.39. The number of aliphatic carboxylic acids is 1. The van der Waals surface area contributed by atoms with Crippen molar-refractivity contribution in [1.29, 1.82) is 0 Å². The standard InChI is InChI=1S/C37H35Cl2N7O5/c1-51-35-30(17-40-16-24-8-9-32(47)43-24)41-18-29(44-35)28-7-3-6-27(34(28)39)26-5-2-4-25(33(26)38)21-11-13-46-31(14-21)42-15-23(36(46)48)20-45-12-10-22(19-45)37(49)50/h2-7,11,13-15,18,22,24,40H,8-10,12,16-17,19-20H2,1H3,(H,43,47)(H,49,50)/t22-,24+/m0/s1. The van der Waals surface area contributed by atoms with Crippen LogP contribution in [0.4, 0.5) is 0 Å². The van der Waals surface area contributed by atoms with Gasteiger partial charge in [-0.05, 0) is 37.1 Å². The van der Waals surface area contributed by atoms with Crippen molar-refractivity contribution in [3.05, 3.63) is 98.8 Å². The van der Waals surface area contributed by atoms with E-state index in [0.717, 1.165) is 17.5 Å². The Bertz CT molecular complexity index is 2210. The molecule has 2 aliphatic rings. The number of carboxylic acids is 1. The molecule has 2 aliphatic heterocycles. The second kappa shape index (κ2) is 14.8. The van der Waals surface area contributed by atoms with Crippen molar-refractivity contribution in [2.45, 2.75) is 38.4 Å². The van der Waals surface area contributed by atoms with Crippen LogP contribution in [0, 0.1) is 5.92 Å². The zero-order valence-corrected chi connectivity index (χ0v) is 29.2.